The standard InChI is InChI=1S/C18H21N3O3/c1-20(2)12-15(22)14-11-21(10-13-6-4-3-5-7-13)18-17(14)16(24-23)8-9-19-18/h3-9,11,15,22-23H,10,12H2,1-2H3. The summed E-state index contributed by atoms with van der Waals surface area (Å²) in [5.41, 5.74) is 2.48. The number of aromatic nitrogens is 2. The summed E-state index contributed by atoms with van der Waals surface area (Å²) in [5.74, 6) is 0.291. The molecule has 1 unspecified atom stereocenters. The molecule has 1 atom stereocenters. The maximum atomic E-state index is 10.6. The van der Waals surface area contributed by atoms with Gasteiger partial charge in [-0.2, -0.15) is 0 Å². The van der Waals surface area contributed by atoms with Gasteiger partial charge in [0, 0.05) is 37.1 Å². The smallest absolute Gasteiger partial charge is 0.178 e. The number of pyridine rings is 1. The zero-order chi connectivity index (χ0) is 17.1. The van der Waals surface area contributed by atoms with E-state index in [2.05, 4.69) is 9.87 Å². The lowest BCUT2D eigenvalue weighted by Gasteiger charge is -2.15. The van der Waals surface area contributed by atoms with E-state index in [1.54, 1.807) is 12.3 Å². The van der Waals surface area contributed by atoms with Gasteiger partial charge in [0.15, 0.2) is 5.75 Å². The van der Waals surface area contributed by atoms with Crippen molar-refractivity contribution < 1.29 is 15.3 Å². The van der Waals surface area contributed by atoms with Gasteiger partial charge in [0.1, 0.15) is 5.65 Å². The normalized spacial score (nSPS) is 12.7. The number of hydrogen-bond acceptors (Lipinski definition) is 5. The summed E-state index contributed by atoms with van der Waals surface area (Å²) in [5, 5.41) is 20.4. The van der Waals surface area contributed by atoms with Crippen LogP contribution in [0.2, 0.25) is 0 Å². The van der Waals surface area contributed by atoms with Crippen LogP contribution in [0.25, 0.3) is 11.0 Å². The van der Waals surface area contributed by atoms with E-state index >= 15 is 0 Å². The molecule has 0 amide bonds. The lowest BCUT2D eigenvalue weighted by molar-refractivity contribution is -0.136. The highest BCUT2D eigenvalue weighted by Crippen LogP contribution is 2.33. The molecule has 1 aromatic carbocycles. The van der Waals surface area contributed by atoms with E-state index in [9.17, 15) is 10.4 Å². The van der Waals surface area contributed by atoms with Gasteiger partial charge in [0.05, 0.1) is 11.5 Å². The van der Waals surface area contributed by atoms with Crippen molar-refractivity contribution in [3.63, 3.8) is 0 Å². The second kappa shape index (κ2) is 7.00. The van der Waals surface area contributed by atoms with Crippen LogP contribution >= 0.6 is 0 Å². The lowest BCUT2D eigenvalue weighted by atomic mass is 10.1. The molecule has 6 nitrogen and oxygen atoms in total. The van der Waals surface area contributed by atoms with Gasteiger partial charge in [0.25, 0.3) is 0 Å². The number of likely N-dealkylation sites (N-methyl/N-ethyl adjacent to an activating group) is 1. The number of aliphatic hydroxyl groups is 1. The molecule has 0 spiro atoms. The number of nitrogens with zero attached hydrogens (tertiary/aromatic N) is 3. The Hall–Kier alpha value is -2.41. The molecular weight excluding hydrogens is 306 g/mol. The summed E-state index contributed by atoms with van der Waals surface area (Å²) in [4.78, 5) is 10.8. The van der Waals surface area contributed by atoms with E-state index in [0.717, 1.165) is 5.56 Å². The first-order chi connectivity index (χ1) is 11.6. The van der Waals surface area contributed by atoms with Crippen molar-refractivity contribution in [1.82, 2.24) is 14.5 Å². The van der Waals surface area contributed by atoms with Crippen molar-refractivity contribution in [2.75, 3.05) is 20.6 Å². The van der Waals surface area contributed by atoms with Gasteiger partial charge in [0.2, 0.25) is 0 Å². The molecular formula is C18H21N3O3. The van der Waals surface area contributed by atoms with Crippen molar-refractivity contribution in [2.45, 2.75) is 12.6 Å². The second-order valence-electron chi connectivity index (χ2n) is 6.07. The molecule has 3 aromatic rings. The number of hydrogen-bond donors (Lipinski definition) is 2. The van der Waals surface area contributed by atoms with Crippen LogP contribution in [0.15, 0.2) is 48.8 Å². The molecule has 0 aliphatic rings. The number of benzene rings is 1. The Morgan fingerprint density at radius 3 is 2.62 bits per heavy atom. The molecule has 2 heterocycles. The molecule has 0 radical (unpaired) electrons. The topological polar surface area (TPSA) is 70.8 Å². The van der Waals surface area contributed by atoms with E-state index in [-0.39, 0.29) is 0 Å². The van der Waals surface area contributed by atoms with E-state index in [1.807, 2.05) is 60.1 Å². The zero-order valence-electron chi connectivity index (χ0n) is 13.8. The highest BCUT2D eigenvalue weighted by atomic mass is 17.1. The predicted octanol–water partition coefficient (Wildman–Crippen LogP) is 2.53. The Balaban J connectivity index is 2.10. The first-order valence-electron chi connectivity index (χ1n) is 7.76. The average molecular weight is 327 g/mol. The molecule has 0 bridgehead atoms. The second-order valence-corrected chi connectivity index (χ2v) is 6.07. The van der Waals surface area contributed by atoms with Gasteiger partial charge in [-0.25, -0.2) is 10.2 Å². The minimum atomic E-state index is -0.711. The summed E-state index contributed by atoms with van der Waals surface area (Å²) in [7, 11) is 3.79. The largest absolute Gasteiger partial charge is 0.387 e. The number of fused-ring (bicyclic) bond motifs is 1. The zero-order valence-corrected chi connectivity index (χ0v) is 13.8. The Bertz CT molecular complexity index is 815. The van der Waals surface area contributed by atoms with Crippen LogP contribution in [0.3, 0.4) is 0 Å². The highest BCUT2D eigenvalue weighted by Gasteiger charge is 2.21. The van der Waals surface area contributed by atoms with Gasteiger partial charge in [-0.05, 0) is 19.7 Å². The first kappa shape index (κ1) is 16.4. The molecule has 0 fully saturated rings. The quantitative estimate of drug-likeness (QED) is 0.538. The van der Waals surface area contributed by atoms with Gasteiger partial charge in [-0.1, -0.05) is 30.3 Å². The maximum Gasteiger partial charge on any atom is 0.178 e. The van der Waals surface area contributed by atoms with Crippen molar-refractivity contribution in [3.05, 3.63) is 59.9 Å². The Kier molecular flexibility index (Phi) is 4.80. The van der Waals surface area contributed by atoms with Gasteiger partial charge >= 0.3 is 0 Å². The average Bonchev–Trinajstić information content (AvgIpc) is 2.94. The van der Waals surface area contributed by atoms with Crippen molar-refractivity contribution in [2.24, 2.45) is 0 Å². The van der Waals surface area contributed by atoms with Gasteiger partial charge in [-0.3, -0.25) is 0 Å². The van der Waals surface area contributed by atoms with Crippen LogP contribution in [0.4, 0.5) is 0 Å². The summed E-state index contributed by atoms with van der Waals surface area (Å²) >= 11 is 0. The molecule has 0 aliphatic carbocycles. The summed E-state index contributed by atoms with van der Waals surface area (Å²) in [6.45, 7) is 1.08. The van der Waals surface area contributed by atoms with Crippen LogP contribution in [0.5, 0.6) is 5.75 Å². The molecule has 126 valence electrons. The molecule has 2 N–H and O–H groups in total. The molecule has 0 saturated heterocycles. The highest BCUT2D eigenvalue weighted by molar-refractivity contribution is 5.87. The third-order valence-corrected chi connectivity index (χ3v) is 3.94. The summed E-state index contributed by atoms with van der Waals surface area (Å²) in [6.07, 6.45) is 2.75. The fourth-order valence-electron chi connectivity index (χ4n) is 2.89. The summed E-state index contributed by atoms with van der Waals surface area (Å²) in [6, 6.07) is 11.6. The minimum absolute atomic E-state index is 0.291. The van der Waals surface area contributed by atoms with Crippen LogP contribution in [-0.4, -0.2) is 45.5 Å². The van der Waals surface area contributed by atoms with Gasteiger partial charge < -0.3 is 19.5 Å². The fraction of sp³-hybridized carbons (Fsp3) is 0.278. The molecule has 24 heavy (non-hydrogen) atoms. The van der Waals surface area contributed by atoms with Crippen LogP contribution in [-0.2, 0) is 6.54 Å². The monoisotopic (exact) mass is 327 g/mol. The van der Waals surface area contributed by atoms with Crippen molar-refractivity contribution in [3.8, 4) is 5.75 Å². The van der Waals surface area contributed by atoms with Crippen molar-refractivity contribution in [1.29, 1.82) is 0 Å². The van der Waals surface area contributed by atoms with E-state index in [1.165, 1.54) is 0 Å². The Morgan fingerprint density at radius 1 is 1.21 bits per heavy atom. The predicted molar refractivity (Wildman–Crippen MR) is 92.0 cm³/mol. The fourth-order valence-corrected chi connectivity index (χ4v) is 2.89. The van der Waals surface area contributed by atoms with Crippen molar-refractivity contribution >= 4 is 11.0 Å². The third kappa shape index (κ3) is 3.26. The first-order valence-corrected chi connectivity index (χ1v) is 7.76. The molecule has 3 rings (SSSR count). The van der Waals surface area contributed by atoms with Crippen LogP contribution in [0, 0.1) is 0 Å². The lowest BCUT2D eigenvalue weighted by Crippen LogP contribution is -2.19. The van der Waals surface area contributed by atoms with E-state index in [4.69, 9.17) is 0 Å². The summed E-state index contributed by atoms with van der Waals surface area (Å²) < 4.78 is 1.96. The third-order valence-electron chi connectivity index (χ3n) is 3.94. The molecule has 2 aromatic heterocycles. The number of aliphatic hydroxyl groups excluding tert-OH is 1. The SMILES string of the molecule is CN(C)CC(O)c1cn(Cc2ccccc2)c2nccc(OO)c12. The van der Waals surface area contributed by atoms with E-state index in [0.29, 0.717) is 35.4 Å². The molecule has 0 aliphatic heterocycles. The number of rotatable bonds is 6. The van der Waals surface area contributed by atoms with Crippen LogP contribution < -0.4 is 4.89 Å². The molecule has 6 heteroatoms. The molecule has 0 saturated carbocycles. The van der Waals surface area contributed by atoms with Gasteiger partial charge in [-0.15, -0.1) is 0 Å². The Labute approximate surface area is 140 Å². The van der Waals surface area contributed by atoms with E-state index < -0.39 is 6.10 Å². The maximum absolute atomic E-state index is 10.6. The Morgan fingerprint density at radius 2 is 1.96 bits per heavy atom. The van der Waals surface area contributed by atoms with Crippen LogP contribution in [0.1, 0.15) is 17.2 Å². The minimum Gasteiger partial charge on any atom is -0.387 e.